The molecule has 1 amide bonds. The van der Waals surface area contributed by atoms with E-state index in [4.69, 9.17) is 0 Å². The van der Waals surface area contributed by atoms with Crippen molar-refractivity contribution in [3.8, 4) is 0 Å². The maximum atomic E-state index is 12.5. The lowest BCUT2D eigenvalue weighted by atomic mass is 10.0. The number of hydrazone groups is 1. The molecule has 3 aromatic rings. The van der Waals surface area contributed by atoms with Crippen LogP contribution in [0.5, 0.6) is 0 Å². The highest BCUT2D eigenvalue weighted by molar-refractivity contribution is 9.10. The van der Waals surface area contributed by atoms with E-state index < -0.39 is 10.8 Å². The van der Waals surface area contributed by atoms with Gasteiger partial charge in [0.25, 0.3) is 5.91 Å². The zero-order chi connectivity index (χ0) is 24.0. The third kappa shape index (κ3) is 6.69. The summed E-state index contributed by atoms with van der Waals surface area (Å²) in [6.07, 6.45) is 4.65. The van der Waals surface area contributed by atoms with Crippen LogP contribution in [-0.2, 0) is 6.54 Å². The van der Waals surface area contributed by atoms with Crippen LogP contribution in [0, 0.1) is 10.1 Å². The summed E-state index contributed by atoms with van der Waals surface area (Å²) in [5, 5.41) is 19.4. The maximum absolute atomic E-state index is 12.5. The van der Waals surface area contributed by atoms with Gasteiger partial charge in [0.1, 0.15) is 6.20 Å². The van der Waals surface area contributed by atoms with Gasteiger partial charge in [0.05, 0.1) is 17.7 Å². The summed E-state index contributed by atoms with van der Waals surface area (Å²) in [6, 6.07) is 15.7. The van der Waals surface area contributed by atoms with Gasteiger partial charge >= 0.3 is 5.69 Å². The summed E-state index contributed by atoms with van der Waals surface area (Å²) in [5.41, 5.74) is 5.61. The number of nitrogens with zero attached hydrogens (tertiary/aromatic N) is 4. The lowest BCUT2D eigenvalue weighted by Gasteiger charge is -2.05. The highest BCUT2D eigenvalue weighted by atomic mass is 79.9. The minimum Gasteiger partial charge on any atom is -0.265 e. The Bertz CT molecular complexity index is 1210. The standard InChI is InChI=1S/C24H24BrN5O3/c1-16(2)20-9-7-18(8-10-20)11-17(3)13-26-27-24(31)23-22(30(32)33)15-29(28-23)14-19-5-4-6-21(25)12-19/h4-13,15-16H,14H2,1-3H3,(H,27,31)/b17-11+,26-13-. The third-order valence-electron chi connectivity index (χ3n) is 4.82. The van der Waals surface area contributed by atoms with Gasteiger partial charge in [-0.3, -0.25) is 19.6 Å². The fourth-order valence-electron chi connectivity index (χ4n) is 3.13. The van der Waals surface area contributed by atoms with Crippen molar-refractivity contribution < 1.29 is 9.72 Å². The fourth-order valence-corrected chi connectivity index (χ4v) is 3.58. The summed E-state index contributed by atoms with van der Waals surface area (Å²) >= 11 is 3.39. The molecule has 2 aromatic carbocycles. The van der Waals surface area contributed by atoms with E-state index in [9.17, 15) is 14.9 Å². The Kier molecular flexibility index (Phi) is 7.89. The van der Waals surface area contributed by atoms with Crippen LogP contribution in [0.4, 0.5) is 5.69 Å². The van der Waals surface area contributed by atoms with Gasteiger partial charge in [-0.25, -0.2) is 5.43 Å². The van der Waals surface area contributed by atoms with E-state index in [2.05, 4.69) is 57.5 Å². The van der Waals surface area contributed by atoms with Crippen molar-refractivity contribution >= 4 is 39.8 Å². The molecule has 0 spiro atoms. The molecule has 0 unspecified atom stereocenters. The molecule has 0 aliphatic heterocycles. The number of carbonyl (C=O) groups is 1. The second-order valence-electron chi connectivity index (χ2n) is 7.86. The molecule has 0 radical (unpaired) electrons. The molecule has 1 heterocycles. The molecule has 3 rings (SSSR count). The largest absolute Gasteiger partial charge is 0.320 e. The minimum absolute atomic E-state index is 0.286. The summed E-state index contributed by atoms with van der Waals surface area (Å²) in [7, 11) is 0. The van der Waals surface area contributed by atoms with Crippen LogP contribution in [0.3, 0.4) is 0 Å². The first kappa shape index (κ1) is 24.1. The number of carbonyl (C=O) groups excluding carboxylic acids is 1. The molecule has 1 N–H and O–H groups in total. The van der Waals surface area contributed by atoms with Gasteiger partial charge in [-0.2, -0.15) is 10.2 Å². The Hall–Kier alpha value is -3.59. The Morgan fingerprint density at radius 1 is 1.27 bits per heavy atom. The van der Waals surface area contributed by atoms with E-state index in [-0.39, 0.29) is 17.9 Å². The lowest BCUT2D eigenvalue weighted by Crippen LogP contribution is -2.19. The van der Waals surface area contributed by atoms with Crippen molar-refractivity contribution in [1.29, 1.82) is 0 Å². The quantitative estimate of drug-likeness (QED) is 0.244. The number of benzene rings is 2. The number of aromatic nitrogens is 2. The molecule has 1 aromatic heterocycles. The summed E-state index contributed by atoms with van der Waals surface area (Å²) < 4.78 is 2.25. The van der Waals surface area contributed by atoms with E-state index in [1.54, 1.807) is 0 Å². The second kappa shape index (κ2) is 10.8. The van der Waals surface area contributed by atoms with E-state index in [1.165, 1.54) is 22.7 Å². The van der Waals surface area contributed by atoms with Crippen LogP contribution in [0.1, 0.15) is 53.9 Å². The monoisotopic (exact) mass is 509 g/mol. The normalized spacial score (nSPS) is 11.8. The lowest BCUT2D eigenvalue weighted by molar-refractivity contribution is -0.385. The zero-order valence-electron chi connectivity index (χ0n) is 18.5. The highest BCUT2D eigenvalue weighted by Crippen LogP contribution is 2.19. The molecule has 0 bridgehead atoms. The van der Waals surface area contributed by atoms with Gasteiger partial charge in [0, 0.05) is 4.47 Å². The topological polar surface area (TPSA) is 102 Å². The Morgan fingerprint density at radius 3 is 2.64 bits per heavy atom. The van der Waals surface area contributed by atoms with Gasteiger partial charge < -0.3 is 0 Å². The second-order valence-corrected chi connectivity index (χ2v) is 8.77. The number of hydrogen-bond donors (Lipinski definition) is 1. The maximum Gasteiger partial charge on any atom is 0.320 e. The number of halogens is 1. The Morgan fingerprint density at radius 2 is 2.00 bits per heavy atom. The van der Waals surface area contributed by atoms with Gasteiger partial charge in [0.2, 0.25) is 5.69 Å². The van der Waals surface area contributed by atoms with Crippen molar-refractivity contribution in [1.82, 2.24) is 15.2 Å². The fraction of sp³-hybridized carbons (Fsp3) is 0.208. The van der Waals surface area contributed by atoms with Crippen LogP contribution >= 0.6 is 15.9 Å². The number of nitrogens with one attached hydrogen (secondary N) is 1. The Labute approximate surface area is 200 Å². The van der Waals surface area contributed by atoms with Crippen LogP contribution in [0.15, 0.2) is 69.9 Å². The van der Waals surface area contributed by atoms with Crippen LogP contribution in [0.25, 0.3) is 6.08 Å². The molecular formula is C24H24BrN5O3. The smallest absolute Gasteiger partial charge is 0.265 e. The molecule has 9 heteroatoms. The van der Waals surface area contributed by atoms with Crippen molar-refractivity contribution in [2.24, 2.45) is 5.10 Å². The van der Waals surface area contributed by atoms with Crippen LogP contribution in [0.2, 0.25) is 0 Å². The number of amides is 1. The van der Waals surface area contributed by atoms with E-state index >= 15 is 0 Å². The summed E-state index contributed by atoms with van der Waals surface area (Å²) in [4.78, 5) is 23.3. The van der Waals surface area contributed by atoms with Gasteiger partial charge in [-0.15, -0.1) is 0 Å². The molecule has 8 nitrogen and oxygen atoms in total. The van der Waals surface area contributed by atoms with E-state index in [1.807, 2.05) is 49.4 Å². The number of hydrogen-bond acceptors (Lipinski definition) is 5. The predicted octanol–water partition coefficient (Wildman–Crippen LogP) is 5.54. The zero-order valence-corrected chi connectivity index (χ0v) is 20.1. The average Bonchev–Trinajstić information content (AvgIpc) is 3.18. The summed E-state index contributed by atoms with van der Waals surface area (Å²) in [6.45, 7) is 6.41. The number of rotatable bonds is 8. The highest BCUT2D eigenvalue weighted by Gasteiger charge is 2.25. The molecule has 0 aliphatic rings. The van der Waals surface area contributed by atoms with Gasteiger partial charge in [0.15, 0.2) is 0 Å². The SMILES string of the molecule is CC(/C=N\NC(=O)c1nn(Cc2cccc(Br)c2)cc1[N+](=O)[O-])=C\c1ccc(C(C)C)cc1. The van der Waals surface area contributed by atoms with Gasteiger partial charge in [-0.05, 0) is 47.2 Å². The first-order valence-electron chi connectivity index (χ1n) is 10.3. The molecule has 0 fully saturated rings. The van der Waals surface area contributed by atoms with Crippen molar-refractivity contribution in [3.05, 3.63) is 97.3 Å². The van der Waals surface area contributed by atoms with Crippen LogP contribution < -0.4 is 5.43 Å². The van der Waals surface area contributed by atoms with Crippen LogP contribution in [-0.4, -0.2) is 26.8 Å². The van der Waals surface area contributed by atoms with E-state index in [0.717, 1.165) is 21.2 Å². The molecule has 170 valence electrons. The molecular weight excluding hydrogens is 486 g/mol. The van der Waals surface area contributed by atoms with E-state index in [0.29, 0.717) is 5.92 Å². The molecule has 33 heavy (non-hydrogen) atoms. The third-order valence-corrected chi connectivity index (χ3v) is 5.31. The Balaban J connectivity index is 1.69. The minimum atomic E-state index is -0.750. The predicted molar refractivity (Wildman–Crippen MR) is 132 cm³/mol. The summed E-state index contributed by atoms with van der Waals surface area (Å²) in [5.74, 6) is -0.289. The first-order valence-corrected chi connectivity index (χ1v) is 11.1. The number of nitro groups is 1. The van der Waals surface area contributed by atoms with Crippen molar-refractivity contribution in [3.63, 3.8) is 0 Å². The average molecular weight is 510 g/mol. The number of allylic oxidation sites excluding steroid dienone is 1. The first-order chi connectivity index (χ1) is 15.7. The molecule has 0 atom stereocenters. The van der Waals surface area contributed by atoms with Gasteiger partial charge in [-0.1, -0.05) is 72.3 Å². The molecule has 0 aliphatic carbocycles. The molecule has 0 saturated carbocycles. The van der Waals surface area contributed by atoms with Crippen molar-refractivity contribution in [2.45, 2.75) is 33.2 Å². The van der Waals surface area contributed by atoms with Crippen molar-refractivity contribution in [2.75, 3.05) is 0 Å². The molecule has 0 saturated heterocycles.